The third-order valence-electron chi connectivity index (χ3n) is 3.75. The summed E-state index contributed by atoms with van der Waals surface area (Å²) in [6, 6.07) is 16.4. The molecule has 0 aliphatic heterocycles. The first-order valence-corrected chi connectivity index (χ1v) is 8.65. The van der Waals surface area contributed by atoms with Crippen molar-refractivity contribution in [2.75, 3.05) is 17.3 Å². The van der Waals surface area contributed by atoms with Crippen LogP contribution < -0.4 is 15.5 Å². The number of amides is 2. The van der Waals surface area contributed by atoms with E-state index in [0.717, 1.165) is 5.69 Å². The van der Waals surface area contributed by atoms with Gasteiger partial charge in [-0.2, -0.15) is 0 Å². The molecule has 0 radical (unpaired) electrons. The molecular formula is C20H23N3O2S. The van der Waals surface area contributed by atoms with E-state index in [1.807, 2.05) is 51.1 Å². The zero-order valence-electron chi connectivity index (χ0n) is 15.4. The summed E-state index contributed by atoms with van der Waals surface area (Å²) in [6.07, 6.45) is 0. The van der Waals surface area contributed by atoms with Gasteiger partial charge in [0.1, 0.15) is 0 Å². The van der Waals surface area contributed by atoms with Crippen molar-refractivity contribution >= 4 is 40.5 Å². The monoisotopic (exact) mass is 369 g/mol. The quantitative estimate of drug-likeness (QED) is 0.808. The lowest BCUT2D eigenvalue weighted by Crippen LogP contribution is -2.41. The Kier molecular flexibility index (Phi) is 6.10. The van der Waals surface area contributed by atoms with Crippen LogP contribution in [-0.4, -0.2) is 24.0 Å². The average Bonchev–Trinajstić information content (AvgIpc) is 2.61. The second kappa shape index (κ2) is 8.10. The second-order valence-electron chi connectivity index (χ2n) is 6.94. The van der Waals surface area contributed by atoms with E-state index in [1.54, 1.807) is 36.2 Å². The third kappa shape index (κ3) is 5.13. The van der Waals surface area contributed by atoms with Crippen molar-refractivity contribution in [3.63, 3.8) is 0 Å². The van der Waals surface area contributed by atoms with Gasteiger partial charge in [0.25, 0.3) is 5.91 Å². The Morgan fingerprint density at radius 3 is 2.08 bits per heavy atom. The molecule has 0 unspecified atom stereocenters. The molecule has 0 atom stereocenters. The van der Waals surface area contributed by atoms with Crippen molar-refractivity contribution in [1.82, 2.24) is 5.32 Å². The molecule has 0 heterocycles. The summed E-state index contributed by atoms with van der Waals surface area (Å²) in [5.41, 5.74) is 1.56. The minimum atomic E-state index is -0.524. The van der Waals surface area contributed by atoms with Gasteiger partial charge in [0.15, 0.2) is 5.11 Å². The lowest BCUT2D eigenvalue weighted by molar-refractivity contribution is -0.126. The molecule has 2 N–H and O–H groups in total. The lowest BCUT2D eigenvalue weighted by Gasteiger charge is -2.19. The molecule has 0 saturated carbocycles. The van der Waals surface area contributed by atoms with Crippen LogP contribution in [0.25, 0.3) is 0 Å². The molecular weight excluding hydrogens is 346 g/mol. The normalized spacial score (nSPS) is 10.8. The fourth-order valence-electron chi connectivity index (χ4n) is 2.11. The van der Waals surface area contributed by atoms with E-state index in [2.05, 4.69) is 10.6 Å². The first-order chi connectivity index (χ1) is 12.2. The molecule has 0 bridgehead atoms. The number of hydrogen-bond acceptors (Lipinski definition) is 3. The SMILES string of the molecule is CN(C(=O)c1ccc(NC(=S)NC(=O)C(C)(C)C)cc1)c1ccccc1. The predicted octanol–water partition coefficient (Wildman–Crippen LogP) is 3.82. The van der Waals surface area contributed by atoms with E-state index < -0.39 is 5.41 Å². The van der Waals surface area contributed by atoms with Gasteiger partial charge >= 0.3 is 0 Å². The maximum absolute atomic E-state index is 12.6. The summed E-state index contributed by atoms with van der Waals surface area (Å²) in [7, 11) is 1.74. The highest BCUT2D eigenvalue weighted by atomic mass is 32.1. The van der Waals surface area contributed by atoms with E-state index in [9.17, 15) is 9.59 Å². The molecule has 2 amide bonds. The van der Waals surface area contributed by atoms with Crippen LogP contribution in [-0.2, 0) is 4.79 Å². The zero-order chi connectivity index (χ0) is 19.3. The number of hydrogen-bond donors (Lipinski definition) is 2. The van der Waals surface area contributed by atoms with E-state index in [1.165, 1.54) is 0 Å². The smallest absolute Gasteiger partial charge is 0.258 e. The maximum Gasteiger partial charge on any atom is 0.258 e. The molecule has 2 rings (SSSR count). The van der Waals surface area contributed by atoms with Gasteiger partial charge in [0.05, 0.1) is 0 Å². The minimum Gasteiger partial charge on any atom is -0.332 e. The largest absolute Gasteiger partial charge is 0.332 e. The van der Waals surface area contributed by atoms with Gasteiger partial charge in [-0.15, -0.1) is 0 Å². The number of anilines is 2. The topological polar surface area (TPSA) is 61.4 Å². The van der Waals surface area contributed by atoms with E-state index in [0.29, 0.717) is 11.3 Å². The number of carbonyl (C=O) groups is 2. The minimum absolute atomic E-state index is 0.105. The van der Waals surface area contributed by atoms with Crippen LogP contribution in [0.15, 0.2) is 54.6 Å². The van der Waals surface area contributed by atoms with Crippen molar-refractivity contribution in [3.8, 4) is 0 Å². The van der Waals surface area contributed by atoms with Crippen LogP contribution in [0.3, 0.4) is 0 Å². The van der Waals surface area contributed by atoms with Crippen LogP contribution in [0.4, 0.5) is 11.4 Å². The highest BCUT2D eigenvalue weighted by Crippen LogP contribution is 2.17. The number of rotatable bonds is 3. The standard InChI is InChI=1S/C20H23N3O2S/c1-20(2,3)18(25)22-19(26)21-15-12-10-14(11-13-15)17(24)23(4)16-8-6-5-7-9-16/h5-13H,1-4H3,(H2,21,22,25,26). The van der Waals surface area contributed by atoms with E-state index >= 15 is 0 Å². The molecule has 0 aliphatic carbocycles. The van der Waals surface area contributed by atoms with Crippen LogP contribution in [0.5, 0.6) is 0 Å². The third-order valence-corrected chi connectivity index (χ3v) is 3.95. The molecule has 0 aromatic heterocycles. The molecule has 2 aromatic rings. The summed E-state index contributed by atoms with van der Waals surface area (Å²) in [5, 5.41) is 5.83. The molecule has 0 saturated heterocycles. The van der Waals surface area contributed by atoms with Crippen molar-refractivity contribution in [2.45, 2.75) is 20.8 Å². The molecule has 26 heavy (non-hydrogen) atoms. The summed E-state index contributed by atoms with van der Waals surface area (Å²) in [4.78, 5) is 26.1. The number of benzene rings is 2. The molecule has 0 fully saturated rings. The van der Waals surface area contributed by atoms with Crippen LogP contribution >= 0.6 is 12.2 Å². The Labute approximate surface area is 159 Å². The van der Waals surface area contributed by atoms with Crippen LogP contribution in [0.2, 0.25) is 0 Å². The highest BCUT2D eigenvalue weighted by Gasteiger charge is 2.22. The van der Waals surface area contributed by atoms with Crippen molar-refractivity contribution < 1.29 is 9.59 Å². The van der Waals surface area contributed by atoms with Crippen LogP contribution in [0.1, 0.15) is 31.1 Å². The zero-order valence-corrected chi connectivity index (χ0v) is 16.2. The second-order valence-corrected chi connectivity index (χ2v) is 7.34. The molecule has 136 valence electrons. The number of para-hydroxylation sites is 1. The number of carbonyl (C=O) groups excluding carboxylic acids is 2. The highest BCUT2D eigenvalue weighted by molar-refractivity contribution is 7.80. The molecule has 0 spiro atoms. The summed E-state index contributed by atoms with van der Waals surface area (Å²) in [6.45, 7) is 5.44. The van der Waals surface area contributed by atoms with Gasteiger partial charge in [0.2, 0.25) is 5.91 Å². The van der Waals surface area contributed by atoms with Gasteiger partial charge < -0.3 is 15.5 Å². The number of nitrogens with one attached hydrogen (secondary N) is 2. The van der Waals surface area contributed by atoms with Gasteiger partial charge in [-0.1, -0.05) is 39.0 Å². The summed E-state index contributed by atoms with van der Waals surface area (Å²) in [5.74, 6) is -0.266. The van der Waals surface area contributed by atoms with Crippen molar-refractivity contribution in [3.05, 3.63) is 60.2 Å². The summed E-state index contributed by atoms with van der Waals surface area (Å²) >= 11 is 5.15. The first kappa shape index (κ1) is 19.6. The molecule has 5 nitrogen and oxygen atoms in total. The van der Waals surface area contributed by atoms with Gasteiger partial charge in [-0.25, -0.2) is 0 Å². The lowest BCUT2D eigenvalue weighted by atomic mass is 9.96. The van der Waals surface area contributed by atoms with Crippen LogP contribution in [0, 0.1) is 5.41 Å². The average molecular weight is 369 g/mol. The Morgan fingerprint density at radius 2 is 1.54 bits per heavy atom. The maximum atomic E-state index is 12.6. The fourth-order valence-corrected chi connectivity index (χ4v) is 2.32. The van der Waals surface area contributed by atoms with Gasteiger partial charge in [-0.05, 0) is 48.6 Å². The Bertz CT molecular complexity index is 796. The van der Waals surface area contributed by atoms with Crippen molar-refractivity contribution in [1.29, 1.82) is 0 Å². The first-order valence-electron chi connectivity index (χ1n) is 8.24. The Balaban J connectivity index is 2.01. The Hall–Kier alpha value is -2.73. The van der Waals surface area contributed by atoms with Gasteiger partial charge in [0, 0.05) is 29.4 Å². The van der Waals surface area contributed by atoms with Crippen molar-refractivity contribution in [2.24, 2.45) is 5.41 Å². The fraction of sp³-hybridized carbons (Fsp3) is 0.250. The Morgan fingerprint density at radius 1 is 0.962 bits per heavy atom. The summed E-state index contributed by atoms with van der Waals surface area (Å²) < 4.78 is 0. The number of thiocarbonyl (C=S) groups is 1. The number of nitrogens with zero attached hydrogens (tertiary/aromatic N) is 1. The van der Waals surface area contributed by atoms with Gasteiger partial charge in [-0.3, -0.25) is 9.59 Å². The molecule has 2 aromatic carbocycles. The molecule has 0 aliphatic rings. The van der Waals surface area contributed by atoms with E-state index in [4.69, 9.17) is 12.2 Å². The molecule has 6 heteroatoms. The predicted molar refractivity (Wildman–Crippen MR) is 109 cm³/mol. The van der Waals surface area contributed by atoms with E-state index in [-0.39, 0.29) is 16.9 Å².